The molecule has 0 fully saturated rings. The molecule has 0 spiro atoms. The minimum atomic E-state index is -4.43. The predicted molar refractivity (Wildman–Crippen MR) is 186 cm³/mol. The normalized spacial score (nSPS) is 13.4. The number of imidazole rings is 1. The molecule has 6 aromatic rings. The standard InChI is InChI=1S/C41H36F3N3O/c1-26-18-23-36-38(37(26)46-39(48)33-15-5-4-12-30(33)28-19-21-29(22-20-28)41(42,43)44)45-27(2)47(36)25-11-10-24-40(3)34-16-8-6-13-31(34)32-14-7-9-17-35(32)40/h4-9,12-23H,10-11,24-25H2,1-3H3,(H,46,48). The van der Waals surface area contributed by atoms with Crippen molar-refractivity contribution >= 4 is 22.6 Å². The highest BCUT2D eigenvalue weighted by Crippen LogP contribution is 2.51. The summed E-state index contributed by atoms with van der Waals surface area (Å²) in [7, 11) is 0. The van der Waals surface area contributed by atoms with Gasteiger partial charge in [0.15, 0.2) is 0 Å². The number of hydrogen-bond donors (Lipinski definition) is 1. The molecule has 0 unspecified atom stereocenters. The molecule has 0 saturated heterocycles. The number of alkyl halides is 3. The Morgan fingerprint density at radius 2 is 1.38 bits per heavy atom. The number of unbranched alkanes of at least 4 members (excludes halogenated alkanes) is 1. The smallest absolute Gasteiger partial charge is 0.328 e. The van der Waals surface area contributed by atoms with Crippen molar-refractivity contribution in [1.82, 2.24) is 9.55 Å². The topological polar surface area (TPSA) is 46.9 Å². The number of fused-ring (bicyclic) bond motifs is 4. The number of aromatic nitrogens is 2. The van der Waals surface area contributed by atoms with Crippen LogP contribution in [0.15, 0.2) is 109 Å². The van der Waals surface area contributed by atoms with Gasteiger partial charge >= 0.3 is 6.18 Å². The summed E-state index contributed by atoms with van der Waals surface area (Å²) in [5, 5.41) is 3.09. The lowest BCUT2D eigenvalue weighted by Crippen LogP contribution is -2.20. The Hall–Kier alpha value is -5.17. The van der Waals surface area contributed by atoms with Crippen molar-refractivity contribution in [3.63, 3.8) is 0 Å². The maximum absolute atomic E-state index is 13.7. The van der Waals surface area contributed by atoms with Crippen LogP contribution in [-0.2, 0) is 18.1 Å². The molecule has 5 aromatic carbocycles. The van der Waals surface area contributed by atoms with Gasteiger partial charge in [-0.3, -0.25) is 4.79 Å². The Bertz CT molecular complexity index is 2120. The van der Waals surface area contributed by atoms with E-state index in [-0.39, 0.29) is 11.3 Å². The molecule has 7 rings (SSSR count). The van der Waals surface area contributed by atoms with Crippen LogP contribution in [0.3, 0.4) is 0 Å². The average molecular weight is 644 g/mol. The Labute approximate surface area is 278 Å². The predicted octanol–water partition coefficient (Wildman–Crippen LogP) is 10.7. The number of hydrogen-bond acceptors (Lipinski definition) is 2. The minimum absolute atomic E-state index is 0.0372. The van der Waals surface area contributed by atoms with Crippen LogP contribution >= 0.6 is 0 Å². The zero-order chi connectivity index (χ0) is 33.6. The molecule has 1 heterocycles. The number of nitrogens with one attached hydrogen (secondary N) is 1. The van der Waals surface area contributed by atoms with Gasteiger partial charge in [0.1, 0.15) is 11.3 Å². The van der Waals surface area contributed by atoms with Crippen LogP contribution < -0.4 is 5.32 Å². The molecular weight excluding hydrogens is 607 g/mol. The van der Waals surface area contributed by atoms with E-state index < -0.39 is 11.7 Å². The molecule has 1 aromatic heterocycles. The summed E-state index contributed by atoms with van der Waals surface area (Å²) >= 11 is 0. The number of carbonyl (C=O) groups excluding carboxylic acids is 1. The zero-order valence-electron chi connectivity index (χ0n) is 27.2. The van der Waals surface area contributed by atoms with Crippen LogP contribution in [0.2, 0.25) is 0 Å². The highest BCUT2D eigenvalue weighted by Gasteiger charge is 2.38. The third kappa shape index (κ3) is 5.47. The van der Waals surface area contributed by atoms with Crippen LogP contribution in [0.1, 0.15) is 64.6 Å². The minimum Gasteiger partial charge on any atom is -0.328 e. The number of halogens is 3. The molecule has 1 N–H and O–H groups in total. The van der Waals surface area contributed by atoms with E-state index in [4.69, 9.17) is 4.98 Å². The fourth-order valence-electron chi connectivity index (χ4n) is 7.36. The molecule has 7 heteroatoms. The van der Waals surface area contributed by atoms with E-state index in [1.54, 1.807) is 24.3 Å². The lowest BCUT2D eigenvalue weighted by Gasteiger charge is -2.27. The lowest BCUT2D eigenvalue weighted by molar-refractivity contribution is -0.137. The highest BCUT2D eigenvalue weighted by atomic mass is 19.4. The molecule has 0 bridgehead atoms. The maximum atomic E-state index is 13.7. The van der Waals surface area contributed by atoms with E-state index in [9.17, 15) is 18.0 Å². The van der Waals surface area contributed by atoms with Crippen molar-refractivity contribution in [1.29, 1.82) is 0 Å². The highest BCUT2D eigenvalue weighted by molar-refractivity contribution is 6.12. The zero-order valence-corrected chi connectivity index (χ0v) is 27.2. The van der Waals surface area contributed by atoms with E-state index in [0.29, 0.717) is 22.4 Å². The molecule has 0 atom stereocenters. The van der Waals surface area contributed by atoms with E-state index in [2.05, 4.69) is 71.4 Å². The van der Waals surface area contributed by atoms with Crippen LogP contribution in [0, 0.1) is 13.8 Å². The van der Waals surface area contributed by atoms with Gasteiger partial charge < -0.3 is 9.88 Å². The van der Waals surface area contributed by atoms with E-state index in [1.807, 2.05) is 19.9 Å². The summed E-state index contributed by atoms with van der Waals surface area (Å²) in [4.78, 5) is 18.6. The summed E-state index contributed by atoms with van der Waals surface area (Å²) in [5.74, 6) is 0.526. The quantitative estimate of drug-likeness (QED) is 0.168. The fourth-order valence-corrected chi connectivity index (χ4v) is 7.36. The van der Waals surface area contributed by atoms with Gasteiger partial charge in [-0.2, -0.15) is 13.2 Å². The second-order valence-electron chi connectivity index (χ2n) is 12.9. The molecule has 0 radical (unpaired) electrons. The first-order valence-corrected chi connectivity index (χ1v) is 16.3. The van der Waals surface area contributed by atoms with Crippen molar-refractivity contribution < 1.29 is 18.0 Å². The first kappa shape index (κ1) is 31.4. The van der Waals surface area contributed by atoms with E-state index in [0.717, 1.165) is 60.4 Å². The van der Waals surface area contributed by atoms with Crippen molar-refractivity contribution in [3.05, 3.63) is 143 Å². The summed E-state index contributed by atoms with van der Waals surface area (Å²) < 4.78 is 41.7. The van der Waals surface area contributed by atoms with Crippen LogP contribution in [0.5, 0.6) is 0 Å². The van der Waals surface area contributed by atoms with Gasteiger partial charge in [0.2, 0.25) is 0 Å². The van der Waals surface area contributed by atoms with Crippen LogP contribution in [0.25, 0.3) is 33.3 Å². The molecule has 1 aliphatic rings. The van der Waals surface area contributed by atoms with Crippen molar-refractivity contribution in [2.45, 2.75) is 58.2 Å². The number of carbonyl (C=O) groups is 1. The molecule has 0 saturated carbocycles. The summed E-state index contributed by atoms with van der Waals surface area (Å²) in [5.41, 5.74) is 9.31. The summed E-state index contributed by atoms with van der Waals surface area (Å²) in [6.07, 6.45) is -1.39. The summed E-state index contributed by atoms with van der Waals surface area (Å²) in [6, 6.07) is 33.4. The maximum Gasteiger partial charge on any atom is 0.416 e. The molecule has 242 valence electrons. The largest absolute Gasteiger partial charge is 0.416 e. The van der Waals surface area contributed by atoms with Crippen molar-refractivity contribution in [2.75, 3.05) is 5.32 Å². The summed E-state index contributed by atoms with van der Waals surface area (Å²) in [6.45, 7) is 7.09. The van der Waals surface area contributed by atoms with E-state index >= 15 is 0 Å². The van der Waals surface area contributed by atoms with Crippen LogP contribution in [-0.4, -0.2) is 15.5 Å². The Balaban J connectivity index is 1.10. The Morgan fingerprint density at radius 3 is 2.02 bits per heavy atom. The molecule has 4 nitrogen and oxygen atoms in total. The first-order chi connectivity index (χ1) is 23.1. The SMILES string of the molecule is Cc1ccc2c(nc(C)n2CCCCC2(C)c3ccccc3-c3ccccc32)c1NC(=O)c1ccccc1-c1ccc(C(F)(F)F)cc1. The van der Waals surface area contributed by atoms with Gasteiger partial charge in [0.05, 0.1) is 16.8 Å². The van der Waals surface area contributed by atoms with Gasteiger partial charge in [0.25, 0.3) is 5.91 Å². The lowest BCUT2D eigenvalue weighted by atomic mass is 9.76. The van der Waals surface area contributed by atoms with Crippen molar-refractivity contribution in [3.8, 4) is 22.3 Å². The average Bonchev–Trinajstić information content (AvgIpc) is 3.55. The molecule has 0 aliphatic heterocycles. The monoisotopic (exact) mass is 643 g/mol. The number of amides is 1. The second kappa shape index (κ2) is 12.1. The van der Waals surface area contributed by atoms with Crippen molar-refractivity contribution in [2.24, 2.45) is 0 Å². The fraction of sp³-hybridized carbons (Fsp3) is 0.220. The molecule has 48 heavy (non-hydrogen) atoms. The molecule has 1 amide bonds. The number of nitrogens with zero attached hydrogens (tertiary/aromatic N) is 2. The number of aryl methyl sites for hydroxylation is 3. The first-order valence-electron chi connectivity index (χ1n) is 16.3. The molecular formula is C41H36F3N3O. The number of anilines is 1. The van der Waals surface area contributed by atoms with E-state index in [1.165, 1.54) is 34.4 Å². The van der Waals surface area contributed by atoms with Gasteiger partial charge in [-0.15, -0.1) is 0 Å². The third-order valence-electron chi connectivity index (χ3n) is 9.90. The Kier molecular flexibility index (Phi) is 7.94. The van der Waals surface area contributed by atoms with Crippen LogP contribution in [0.4, 0.5) is 18.9 Å². The second-order valence-corrected chi connectivity index (χ2v) is 12.9. The van der Waals surface area contributed by atoms with Gasteiger partial charge in [-0.25, -0.2) is 4.98 Å². The molecule has 1 aliphatic carbocycles. The Morgan fingerprint density at radius 1 is 0.771 bits per heavy atom. The number of benzene rings is 5. The third-order valence-corrected chi connectivity index (χ3v) is 9.90. The van der Waals surface area contributed by atoms with Gasteiger partial charge in [0, 0.05) is 17.5 Å². The number of rotatable bonds is 8. The van der Waals surface area contributed by atoms with Gasteiger partial charge in [-0.05, 0) is 89.9 Å². The van der Waals surface area contributed by atoms with Gasteiger partial charge in [-0.1, -0.05) is 98.3 Å².